The molecule has 0 fully saturated rings. The van der Waals surface area contributed by atoms with Crippen LogP contribution in [0.15, 0.2) is 0 Å². The number of amides is 2. The summed E-state index contributed by atoms with van der Waals surface area (Å²) < 4.78 is 0. The number of carbonyl (C=O) groups excluding carboxylic acids is 2. The van der Waals surface area contributed by atoms with Crippen molar-refractivity contribution in [3.63, 3.8) is 0 Å². The van der Waals surface area contributed by atoms with Crippen LogP contribution in [0.5, 0.6) is 0 Å². The molecule has 0 spiro atoms. The van der Waals surface area contributed by atoms with E-state index in [0.717, 1.165) is 4.90 Å². The van der Waals surface area contributed by atoms with Gasteiger partial charge in [-0.1, -0.05) is 0 Å². The molecule has 0 bridgehead atoms. The third-order valence-corrected chi connectivity index (χ3v) is 3.02. The Hall–Kier alpha value is -2.69. The average Bonchev–Trinajstić information content (AvgIpc) is 2.46. The van der Waals surface area contributed by atoms with Crippen molar-refractivity contribution < 1.29 is 39.3 Å². The van der Waals surface area contributed by atoms with E-state index in [9.17, 15) is 24.0 Å². The van der Waals surface area contributed by atoms with Crippen molar-refractivity contribution in [1.82, 2.24) is 10.2 Å². The number of nitrogens with two attached hydrogens (primary N) is 1. The molecule has 2 atom stereocenters. The van der Waals surface area contributed by atoms with E-state index in [4.69, 9.17) is 21.1 Å². The minimum absolute atomic E-state index is 0.161. The minimum Gasteiger partial charge on any atom is -0.481 e. The summed E-state index contributed by atoms with van der Waals surface area (Å²) >= 11 is 0. The third kappa shape index (κ3) is 8.68. The maximum Gasteiger partial charge on any atom is 0.323 e. The Morgan fingerprint density at radius 2 is 1.46 bits per heavy atom. The molecular weight excluding hydrogens is 326 g/mol. The Labute approximate surface area is 137 Å². The van der Waals surface area contributed by atoms with Crippen LogP contribution < -0.4 is 11.1 Å². The smallest absolute Gasteiger partial charge is 0.323 e. The molecular formula is C13H21N3O8. The average molecular weight is 347 g/mol. The number of aliphatic carboxylic acids is 3. The predicted molar refractivity (Wildman–Crippen MR) is 78.9 cm³/mol. The van der Waals surface area contributed by atoms with E-state index in [1.807, 2.05) is 0 Å². The first-order valence-corrected chi connectivity index (χ1v) is 7.01. The topological polar surface area (TPSA) is 187 Å². The highest BCUT2D eigenvalue weighted by Crippen LogP contribution is 2.04. The van der Waals surface area contributed by atoms with Crippen LogP contribution in [-0.4, -0.2) is 75.6 Å². The van der Waals surface area contributed by atoms with Crippen LogP contribution in [-0.2, 0) is 24.0 Å². The van der Waals surface area contributed by atoms with Crippen LogP contribution in [0.2, 0.25) is 0 Å². The molecule has 0 aromatic carbocycles. The molecule has 2 amide bonds. The van der Waals surface area contributed by atoms with Gasteiger partial charge in [-0.3, -0.25) is 24.0 Å². The maximum atomic E-state index is 12.1. The van der Waals surface area contributed by atoms with E-state index in [0.29, 0.717) is 0 Å². The minimum atomic E-state index is -1.27. The Bertz CT molecular complexity index is 507. The summed E-state index contributed by atoms with van der Waals surface area (Å²) in [5.41, 5.74) is 5.52. The van der Waals surface area contributed by atoms with Gasteiger partial charge < -0.3 is 31.3 Å². The second-order valence-electron chi connectivity index (χ2n) is 5.12. The van der Waals surface area contributed by atoms with Gasteiger partial charge in [0.1, 0.15) is 12.6 Å². The second kappa shape index (κ2) is 10.2. The molecule has 0 saturated heterocycles. The van der Waals surface area contributed by atoms with Gasteiger partial charge in [-0.2, -0.15) is 0 Å². The largest absolute Gasteiger partial charge is 0.481 e. The molecule has 0 heterocycles. The molecule has 0 saturated carbocycles. The van der Waals surface area contributed by atoms with Gasteiger partial charge in [-0.15, -0.1) is 0 Å². The number of hydrogen-bond acceptors (Lipinski definition) is 6. The molecule has 0 aromatic heterocycles. The van der Waals surface area contributed by atoms with Crippen LogP contribution in [0.3, 0.4) is 0 Å². The normalized spacial score (nSPS) is 12.8. The number of carboxylic acids is 3. The van der Waals surface area contributed by atoms with Crippen LogP contribution in [0.25, 0.3) is 0 Å². The van der Waals surface area contributed by atoms with Gasteiger partial charge in [0, 0.05) is 19.9 Å². The first kappa shape index (κ1) is 21.3. The van der Waals surface area contributed by atoms with Crippen LogP contribution in [0.1, 0.15) is 25.7 Å². The maximum absolute atomic E-state index is 12.1. The van der Waals surface area contributed by atoms with Crippen molar-refractivity contribution in [2.75, 3.05) is 13.6 Å². The summed E-state index contributed by atoms with van der Waals surface area (Å²) in [5, 5.41) is 28.2. The molecule has 24 heavy (non-hydrogen) atoms. The number of rotatable bonds is 11. The Balaban J connectivity index is 4.89. The van der Waals surface area contributed by atoms with E-state index < -0.39 is 54.8 Å². The summed E-state index contributed by atoms with van der Waals surface area (Å²) in [6.07, 6.45) is -1.19. The van der Waals surface area contributed by atoms with Gasteiger partial charge >= 0.3 is 17.9 Å². The fraction of sp³-hybridized carbons (Fsp3) is 0.615. The summed E-state index contributed by atoms with van der Waals surface area (Å²) in [4.78, 5) is 56.6. The van der Waals surface area contributed by atoms with Crippen molar-refractivity contribution >= 4 is 29.7 Å². The van der Waals surface area contributed by atoms with Crippen molar-refractivity contribution in [2.45, 2.75) is 37.8 Å². The molecule has 0 radical (unpaired) electrons. The molecule has 6 N–H and O–H groups in total. The van der Waals surface area contributed by atoms with Crippen LogP contribution in [0.4, 0.5) is 0 Å². The number of carbonyl (C=O) groups is 5. The van der Waals surface area contributed by atoms with Gasteiger partial charge in [0.15, 0.2) is 0 Å². The fourth-order valence-corrected chi connectivity index (χ4v) is 1.76. The number of nitrogens with one attached hydrogen (secondary N) is 1. The van der Waals surface area contributed by atoms with Crippen molar-refractivity contribution in [3.05, 3.63) is 0 Å². The van der Waals surface area contributed by atoms with E-state index in [1.54, 1.807) is 0 Å². The number of nitrogens with zero attached hydrogens (tertiary/aromatic N) is 1. The standard InChI is InChI=1S/C13H21N3O8/c1-16(6-11(21)22)13(24)8(3-5-10(19)20)15-12(23)7(14)2-4-9(17)18/h7-8H,2-6,14H2,1H3,(H,15,23)(H,17,18)(H,19,20)(H,21,22)/t7-,8-/m0/s1. The summed E-state index contributed by atoms with van der Waals surface area (Å²) in [5.74, 6) is -5.20. The molecule has 11 nitrogen and oxygen atoms in total. The van der Waals surface area contributed by atoms with E-state index in [-0.39, 0.29) is 19.3 Å². The first-order valence-electron chi connectivity index (χ1n) is 7.01. The Morgan fingerprint density at radius 3 is 1.92 bits per heavy atom. The van der Waals surface area contributed by atoms with Gasteiger partial charge in [-0.05, 0) is 12.8 Å². The lowest BCUT2D eigenvalue weighted by Crippen LogP contribution is -2.52. The molecule has 0 aliphatic rings. The lowest BCUT2D eigenvalue weighted by molar-refractivity contribution is -0.145. The monoisotopic (exact) mass is 347 g/mol. The molecule has 0 rings (SSSR count). The molecule has 11 heteroatoms. The van der Waals surface area contributed by atoms with Gasteiger partial charge in [0.25, 0.3) is 0 Å². The highest BCUT2D eigenvalue weighted by molar-refractivity contribution is 5.91. The van der Waals surface area contributed by atoms with Crippen LogP contribution >= 0.6 is 0 Å². The molecule has 0 aromatic rings. The molecule has 0 aliphatic heterocycles. The van der Waals surface area contributed by atoms with E-state index >= 15 is 0 Å². The first-order chi connectivity index (χ1) is 11.0. The quantitative estimate of drug-likeness (QED) is 0.283. The number of likely N-dealkylation sites (N-methyl/N-ethyl adjacent to an activating group) is 1. The number of carboxylic acid groups (broad SMARTS) is 3. The van der Waals surface area contributed by atoms with Crippen LogP contribution in [0, 0.1) is 0 Å². The zero-order chi connectivity index (χ0) is 18.9. The predicted octanol–water partition coefficient (Wildman–Crippen LogP) is -1.93. The van der Waals surface area contributed by atoms with Gasteiger partial charge in [-0.25, -0.2) is 0 Å². The third-order valence-electron chi connectivity index (χ3n) is 3.02. The van der Waals surface area contributed by atoms with Crippen molar-refractivity contribution in [1.29, 1.82) is 0 Å². The second-order valence-corrected chi connectivity index (χ2v) is 5.12. The zero-order valence-corrected chi connectivity index (χ0v) is 13.1. The Kier molecular flexibility index (Phi) is 9.02. The van der Waals surface area contributed by atoms with Gasteiger partial charge in [0.2, 0.25) is 11.8 Å². The summed E-state index contributed by atoms with van der Waals surface area (Å²) in [6, 6.07) is -2.46. The fourth-order valence-electron chi connectivity index (χ4n) is 1.76. The summed E-state index contributed by atoms with van der Waals surface area (Å²) in [6.45, 7) is -0.622. The van der Waals surface area contributed by atoms with E-state index in [2.05, 4.69) is 5.32 Å². The van der Waals surface area contributed by atoms with Crippen molar-refractivity contribution in [2.24, 2.45) is 5.73 Å². The zero-order valence-electron chi connectivity index (χ0n) is 13.1. The number of hydrogen-bond donors (Lipinski definition) is 5. The lowest BCUT2D eigenvalue weighted by atomic mass is 10.1. The molecule has 136 valence electrons. The molecule has 0 unspecified atom stereocenters. The summed E-state index contributed by atoms with van der Waals surface area (Å²) in [7, 11) is 1.20. The van der Waals surface area contributed by atoms with Gasteiger partial charge in [0.05, 0.1) is 6.04 Å². The van der Waals surface area contributed by atoms with E-state index in [1.165, 1.54) is 7.05 Å². The lowest BCUT2D eigenvalue weighted by Gasteiger charge is -2.24. The van der Waals surface area contributed by atoms with Crippen molar-refractivity contribution in [3.8, 4) is 0 Å². The SMILES string of the molecule is CN(CC(=O)O)C(=O)[C@H](CCC(=O)O)NC(=O)[C@@H](N)CCC(=O)O. The highest BCUT2D eigenvalue weighted by Gasteiger charge is 2.27. The Morgan fingerprint density at radius 1 is 0.958 bits per heavy atom. The highest BCUT2D eigenvalue weighted by atomic mass is 16.4. The molecule has 0 aliphatic carbocycles.